The van der Waals surface area contributed by atoms with Crippen LogP contribution in [-0.2, 0) is 20.9 Å². The summed E-state index contributed by atoms with van der Waals surface area (Å²) < 4.78 is 4.54. The predicted octanol–water partition coefficient (Wildman–Crippen LogP) is 2.91. The van der Waals surface area contributed by atoms with E-state index in [9.17, 15) is 14.4 Å². The Bertz CT molecular complexity index is 881. The molecule has 1 aliphatic heterocycles. The van der Waals surface area contributed by atoms with Gasteiger partial charge in [-0.15, -0.1) is 0 Å². The summed E-state index contributed by atoms with van der Waals surface area (Å²) >= 11 is 0. The van der Waals surface area contributed by atoms with Gasteiger partial charge >= 0.3 is 5.97 Å². The van der Waals surface area contributed by atoms with Crippen LogP contribution < -0.4 is 4.90 Å². The van der Waals surface area contributed by atoms with Gasteiger partial charge in [-0.1, -0.05) is 35.9 Å². The van der Waals surface area contributed by atoms with Crippen LogP contribution in [0, 0.1) is 6.92 Å². The lowest BCUT2D eigenvalue weighted by atomic mass is 10.1. The van der Waals surface area contributed by atoms with Crippen LogP contribution in [0.1, 0.15) is 27.0 Å². The lowest BCUT2D eigenvalue weighted by Crippen LogP contribution is -2.29. The Morgan fingerprint density at radius 3 is 2.52 bits per heavy atom. The van der Waals surface area contributed by atoms with Crippen molar-refractivity contribution < 1.29 is 19.1 Å². The molecule has 0 atom stereocenters. The van der Waals surface area contributed by atoms with Gasteiger partial charge in [0.15, 0.2) is 0 Å². The molecule has 1 amide bonds. The molecule has 2 aromatic rings. The minimum Gasteiger partial charge on any atom is -0.466 e. The number of fused-ring (bicyclic) bond motifs is 1. The molecule has 1 aliphatic rings. The molecule has 1 heterocycles. The lowest BCUT2D eigenvalue weighted by Gasteiger charge is -2.16. The van der Waals surface area contributed by atoms with Crippen molar-refractivity contribution in [2.45, 2.75) is 13.5 Å². The van der Waals surface area contributed by atoms with E-state index in [1.54, 1.807) is 24.3 Å². The Morgan fingerprint density at radius 1 is 1.12 bits per heavy atom. The number of esters is 1. The van der Waals surface area contributed by atoms with E-state index in [1.165, 1.54) is 18.1 Å². The molecule has 5 nitrogen and oxygen atoms in total. The van der Waals surface area contributed by atoms with E-state index in [4.69, 9.17) is 0 Å². The molecule has 0 fully saturated rings. The SMILES string of the molecule is COC(=O)/C=C/c1ccc2c(c1)C(=O)C(=O)N2Cc1ccc(C)cc1. The molecular weight excluding hydrogens is 318 g/mol. The number of aryl methyl sites for hydroxylation is 1. The third-order valence-corrected chi connectivity index (χ3v) is 4.07. The highest BCUT2D eigenvalue weighted by molar-refractivity contribution is 6.52. The number of methoxy groups -OCH3 is 1. The van der Waals surface area contributed by atoms with Crippen molar-refractivity contribution in [2.75, 3.05) is 12.0 Å². The third kappa shape index (κ3) is 3.35. The van der Waals surface area contributed by atoms with Crippen LogP contribution in [0.15, 0.2) is 48.5 Å². The monoisotopic (exact) mass is 335 g/mol. The Balaban J connectivity index is 1.89. The first-order chi connectivity index (χ1) is 12.0. The summed E-state index contributed by atoms with van der Waals surface area (Å²) in [6.45, 7) is 2.34. The Morgan fingerprint density at radius 2 is 1.84 bits per heavy atom. The molecule has 0 saturated heterocycles. The Hall–Kier alpha value is -3.21. The van der Waals surface area contributed by atoms with Gasteiger partial charge in [0.05, 0.1) is 24.9 Å². The molecule has 3 rings (SSSR count). The van der Waals surface area contributed by atoms with Gasteiger partial charge in [0.25, 0.3) is 11.7 Å². The normalized spacial score (nSPS) is 13.4. The number of rotatable bonds is 4. The lowest BCUT2D eigenvalue weighted by molar-refractivity contribution is -0.134. The van der Waals surface area contributed by atoms with Gasteiger partial charge in [0.1, 0.15) is 0 Å². The summed E-state index contributed by atoms with van der Waals surface area (Å²) in [5, 5.41) is 0. The van der Waals surface area contributed by atoms with Gasteiger partial charge in [-0.25, -0.2) is 4.79 Å². The number of anilines is 1. The van der Waals surface area contributed by atoms with E-state index in [0.29, 0.717) is 23.4 Å². The zero-order valence-corrected chi connectivity index (χ0v) is 14.0. The van der Waals surface area contributed by atoms with Gasteiger partial charge in [0, 0.05) is 6.08 Å². The maximum Gasteiger partial charge on any atom is 0.330 e. The summed E-state index contributed by atoms with van der Waals surface area (Å²) in [6.07, 6.45) is 2.82. The van der Waals surface area contributed by atoms with E-state index in [1.807, 2.05) is 31.2 Å². The average molecular weight is 335 g/mol. The van der Waals surface area contributed by atoms with Crippen molar-refractivity contribution in [1.82, 2.24) is 0 Å². The quantitative estimate of drug-likeness (QED) is 0.490. The first-order valence-corrected chi connectivity index (χ1v) is 7.81. The summed E-state index contributed by atoms with van der Waals surface area (Å²) in [4.78, 5) is 37.3. The topological polar surface area (TPSA) is 63.7 Å². The maximum absolute atomic E-state index is 12.3. The molecule has 0 saturated carbocycles. The zero-order chi connectivity index (χ0) is 18.0. The first kappa shape index (κ1) is 16.6. The highest BCUT2D eigenvalue weighted by Gasteiger charge is 2.35. The highest BCUT2D eigenvalue weighted by atomic mass is 16.5. The number of amides is 1. The van der Waals surface area contributed by atoms with Crippen LogP contribution in [0.4, 0.5) is 5.69 Å². The van der Waals surface area contributed by atoms with Crippen LogP contribution in [-0.4, -0.2) is 24.8 Å². The van der Waals surface area contributed by atoms with E-state index >= 15 is 0 Å². The second kappa shape index (κ2) is 6.73. The fourth-order valence-corrected chi connectivity index (χ4v) is 2.69. The first-order valence-electron chi connectivity index (χ1n) is 7.81. The van der Waals surface area contributed by atoms with Gasteiger partial charge < -0.3 is 9.64 Å². The molecule has 0 spiro atoms. The van der Waals surface area contributed by atoms with Crippen LogP contribution in [0.5, 0.6) is 0 Å². The maximum atomic E-state index is 12.3. The minimum atomic E-state index is -0.537. The minimum absolute atomic E-state index is 0.342. The van der Waals surface area contributed by atoms with Crippen molar-refractivity contribution in [1.29, 1.82) is 0 Å². The summed E-state index contributed by atoms with van der Waals surface area (Å²) in [5.74, 6) is -1.55. The molecular formula is C20H17NO4. The predicted molar refractivity (Wildman–Crippen MR) is 94.2 cm³/mol. The molecule has 0 bridgehead atoms. The summed E-state index contributed by atoms with van der Waals surface area (Å²) in [7, 11) is 1.29. The number of ketones is 1. The number of benzene rings is 2. The van der Waals surface area contributed by atoms with Crippen LogP contribution in [0.3, 0.4) is 0 Å². The summed E-state index contributed by atoms with van der Waals surface area (Å²) in [6, 6.07) is 12.9. The summed E-state index contributed by atoms with van der Waals surface area (Å²) in [5.41, 5.74) is 3.68. The Labute approximate surface area is 145 Å². The molecule has 126 valence electrons. The van der Waals surface area contributed by atoms with Crippen LogP contribution in [0.2, 0.25) is 0 Å². The van der Waals surface area contributed by atoms with Gasteiger partial charge in [-0.3, -0.25) is 9.59 Å². The second-order valence-electron chi connectivity index (χ2n) is 5.84. The molecule has 0 unspecified atom stereocenters. The van der Waals surface area contributed by atoms with Gasteiger partial charge in [0.2, 0.25) is 0 Å². The number of hydrogen-bond donors (Lipinski definition) is 0. The standard InChI is InChI=1S/C20H17NO4/c1-13-3-5-15(6-4-13)12-21-17-9-7-14(8-10-18(22)25-2)11-16(17)19(23)20(21)24/h3-11H,12H2,1-2H3/b10-8+. The smallest absolute Gasteiger partial charge is 0.330 e. The van der Waals surface area contributed by atoms with E-state index in [2.05, 4.69) is 4.74 Å². The average Bonchev–Trinajstić information content (AvgIpc) is 2.86. The number of carbonyl (C=O) groups excluding carboxylic acids is 3. The molecule has 0 aliphatic carbocycles. The largest absolute Gasteiger partial charge is 0.466 e. The molecule has 2 aromatic carbocycles. The number of Topliss-reactive ketones (excluding diaryl/α,β-unsaturated/α-hetero) is 1. The fourth-order valence-electron chi connectivity index (χ4n) is 2.69. The van der Waals surface area contributed by atoms with E-state index < -0.39 is 17.7 Å². The van der Waals surface area contributed by atoms with Crippen molar-refractivity contribution >= 4 is 29.4 Å². The van der Waals surface area contributed by atoms with Crippen molar-refractivity contribution in [2.24, 2.45) is 0 Å². The number of ether oxygens (including phenoxy) is 1. The molecule has 0 radical (unpaired) electrons. The molecule has 0 N–H and O–H groups in total. The van der Waals surface area contributed by atoms with Gasteiger partial charge in [-0.05, 0) is 36.3 Å². The Kier molecular flexibility index (Phi) is 4.48. The van der Waals surface area contributed by atoms with Crippen LogP contribution in [0.25, 0.3) is 6.08 Å². The number of nitrogens with zero attached hydrogens (tertiary/aromatic N) is 1. The highest BCUT2D eigenvalue weighted by Crippen LogP contribution is 2.31. The van der Waals surface area contributed by atoms with E-state index in [-0.39, 0.29) is 0 Å². The van der Waals surface area contributed by atoms with Crippen molar-refractivity contribution in [3.05, 3.63) is 70.8 Å². The zero-order valence-electron chi connectivity index (χ0n) is 14.0. The molecule has 5 heteroatoms. The second-order valence-corrected chi connectivity index (χ2v) is 5.84. The molecule has 25 heavy (non-hydrogen) atoms. The number of carbonyl (C=O) groups is 3. The third-order valence-electron chi connectivity index (χ3n) is 4.07. The molecule has 0 aromatic heterocycles. The van der Waals surface area contributed by atoms with Crippen molar-refractivity contribution in [3.8, 4) is 0 Å². The van der Waals surface area contributed by atoms with E-state index in [0.717, 1.165) is 11.1 Å². The fraction of sp³-hybridized carbons (Fsp3) is 0.150. The van der Waals surface area contributed by atoms with Crippen LogP contribution >= 0.6 is 0 Å². The van der Waals surface area contributed by atoms with Crippen molar-refractivity contribution in [3.63, 3.8) is 0 Å². The van der Waals surface area contributed by atoms with Gasteiger partial charge in [-0.2, -0.15) is 0 Å². The number of hydrogen-bond acceptors (Lipinski definition) is 4.